The number of aryl methyl sites for hydroxylation is 1. The van der Waals surface area contributed by atoms with E-state index in [9.17, 15) is 4.79 Å². The molecular weight excluding hydrogens is 698 g/mol. The topological polar surface area (TPSA) is 60.7 Å². The van der Waals surface area contributed by atoms with Gasteiger partial charge in [0.25, 0.3) is 0 Å². The van der Waals surface area contributed by atoms with Gasteiger partial charge in [-0.05, 0) is 0 Å². The molecule has 0 unspecified atom stereocenters. The molecule has 0 saturated heterocycles. The summed E-state index contributed by atoms with van der Waals surface area (Å²) in [6.07, 6.45) is 4.75. The number of aromatic nitrogens is 1. The van der Waals surface area contributed by atoms with Crippen LogP contribution in [-0.4, -0.2) is 47.2 Å². The molecule has 0 fully saturated rings. The Morgan fingerprint density at radius 1 is 1.11 bits per heavy atom. The van der Waals surface area contributed by atoms with Crippen LogP contribution in [0.1, 0.15) is 0 Å². The van der Waals surface area contributed by atoms with Crippen molar-refractivity contribution in [1.82, 2.24) is 11.1 Å². The van der Waals surface area contributed by atoms with E-state index in [2.05, 4.69) is 0 Å². The van der Waals surface area contributed by atoms with Gasteiger partial charge in [-0.15, -0.1) is 0 Å². The predicted octanol–water partition coefficient (Wildman–Crippen LogP) is -4.40. The summed E-state index contributed by atoms with van der Waals surface area (Å²) in [6.45, 7) is 0. The summed E-state index contributed by atoms with van der Waals surface area (Å²) >= 11 is -0.972. The molecule has 0 aliphatic heterocycles. The maximum absolute atomic E-state index is 9.43. The van der Waals surface area contributed by atoms with E-state index in [1.807, 2.05) is 42.2 Å². The number of amides is 1. The summed E-state index contributed by atoms with van der Waals surface area (Å²) in [5, 5.41) is 0. The Balaban J connectivity index is -0.0000000467. The Hall–Kier alpha value is 1.54. The minimum Gasteiger partial charge on any atom is -1.00 e. The van der Waals surface area contributed by atoms with E-state index in [0.717, 1.165) is 6.41 Å². The van der Waals surface area contributed by atoms with Crippen LogP contribution < -0.4 is 58.7 Å². The van der Waals surface area contributed by atoms with Crippen LogP contribution in [0.2, 0.25) is 0 Å². The molecule has 18 heavy (non-hydrogen) atoms. The van der Waals surface area contributed by atoms with E-state index in [0.29, 0.717) is 0 Å². The van der Waals surface area contributed by atoms with Crippen molar-refractivity contribution in [3.05, 3.63) is 30.6 Å². The Bertz CT molecular complexity index is 247. The average molecular weight is 717 g/mol. The second-order valence-corrected chi connectivity index (χ2v) is 8.25. The molecule has 1 heterocycles. The fourth-order valence-electron chi connectivity index (χ4n) is 0.485. The zero-order valence-electron chi connectivity index (χ0n) is 10.8. The largest absolute Gasteiger partial charge is 1.00 e. The third kappa shape index (κ3) is 36.0. The molecule has 0 bridgehead atoms. The molecule has 0 saturated carbocycles. The molecule has 4 N–H and O–H groups in total. The van der Waals surface area contributed by atoms with E-state index in [1.54, 1.807) is 14.1 Å². The monoisotopic (exact) mass is 717 g/mol. The fraction of sp³-hybridized carbons (Fsp3) is 0.333. The number of hydrogen-bond donors (Lipinski definition) is 1. The summed E-state index contributed by atoms with van der Waals surface area (Å²) in [6, 6.07) is 6.00. The number of quaternary nitrogens is 1. The van der Waals surface area contributed by atoms with Gasteiger partial charge < -0.3 is 59.0 Å². The first-order valence-corrected chi connectivity index (χ1v) is 13.6. The van der Waals surface area contributed by atoms with Gasteiger partial charge in [0.05, 0.1) is 0 Å². The van der Waals surface area contributed by atoms with E-state index in [-0.39, 0.29) is 54.1 Å². The summed E-state index contributed by atoms with van der Waals surface area (Å²) in [7, 11) is 15.3. The summed E-state index contributed by atoms with van der Waals surface area (Å²) in [4.78, 5) is 10.9. The van der Waals surface area contributed by atoms with Crippen molar-refractivity contribution in [2.24, 2.45) is 7.05 Å². The summed E-state index contributed by atoms with van der Waals surface area (Å²) in [5.41, 5.74) is 0. The molecule has 1 aromatic heterocycles. The van der Waals surface area contributed by atoms with Crippen LogP contribution in [0.3, 0.4) is 0 Å². The zero-order chi connectivity index (χ0) is 12.1. The first-order chi connectivity index (χ1) is 7.08. The number of carbonyl (C=O) groups excluding carboxylic acids is 1. The molecule has 0 spiro atoms. The Morgan fingerprint density at radius 2 is 1.39 bits per heavy atom. The van der Waals surface area contributed by atoms with Gasteiger partial charge in [0.2, 0.25) is 6.41 Å². The van der Waals surface area contributed by atoms with Crippen molar-refractivity contribution < 1.29 is 57.3 Å². The predicted molar refractivity (Wildman–Crippen MR) is 70.8 cm³/mol. The fourth-order valence-corrected chi connectivity index (χ4v) is 0.485. The number of pyridine rings is 1. The van der Waals surface area contributed by atoms with E-state index in [1.165, 1.54) is 4.90 Å². The van der Waals surface area contributed by atoms with Crippen LogP contribution in [0.4, 0.5) is 0 Å². The standard InChI is InChI=1S/C6H8N.C3H7NO.2ClH.2HI.H3N.Pb/c1-7-5-3-2-4-6-7;1-4(2)3-5;;;;;;/h2-6H,1H3;3H,1-2H3;4*1H;1H3;/q+1;;;;;;;+2/p-3. The first-order valence-electron chi connectivity index (χ1n) is 4.06. The third-order valence-electron chi connectivity index (χ3n) is 1.08. The maximum atomic E-state index is 9.43. The second kappa shape index (κ2) is 27.0. The van der Waals surface area contributed by atoms with Crippen molar-refractivity contribution >= 4 is 44.8 Å². The smallest absolute Gasteiger partial charge is 0.369 e. The van der Waals surface area contributed by atoms with Gasteiger partial charge in [-0.25, -0.2) is 4.57 Å². The molecule has 0 aliphatic carbocycles. The molecule has 1 amide bonds. The van der Waals surface area contributed by atoms with E-state index < -0.39 is 21.8 Å². The molecule has 2 radical (unpaired) electrons. The SMILES string of the molecule is CN(C)C=O.C[n+]1ccccc1.[Cl][Pb][Cl].[I-].[I-].[NH4+]. The molecular formula is C9H19Cl2I2N3OPb. The van der Waals surface area contributed by atoms with Crippen molar-refractivity contribution in [2.45, 2.75) is 0 Å². The summed E-state index contributed by atoms with van der Waals surface area (Å²) in [5.74, 6) is 0. The van der Waals surface area contributed by atoms with Gasteiger partial charge in [-0.2, -0.15) is 0 Å². The van der Waals surface area contributed by atoms with Crippen molar-refractivity contribution in [1.29, 1.82) is 0 Å². The van der Waals surface area contributed by atoms with Crippen LogP contribution in [0.25, 0.3) is 0 Å². The number of nitrogens with zero attached hydrogens (tertiary/aromatic N) is 2. The van der Waals surface area contributed by atoms with Gasteiger partial charge in [0.1, 0.15) is 7.05 Å². The van der Waals surface area contributed by atoms with Gasteiger partial charge in [0.15, 0.2) is 12.4 Å². The van der Waals surface area contributed by atoms with E-state index >= 15 is 0 Å². The number of halogens is 4. The van der Waals surface area contributed by atoms with Gasteiger partial charge in [-0.1, -0.05) is 6.07 Å². The minimum atomic E-state index is -0.972. The van der Waals surface area contributed by atoms with Gasteiger partial charge >= 0.3 is 38.4 Å². The van der Waals surface area contributed by atoms with Gasteiger partial charge in [0, 0.05) is 26.2 Å². The molecule has 4 nitrogen and oxygen atoms in total. The first kappa shape index (κ1) is 31.8. The Kier molecular flexibility index (Phi) is 47.6. The molecule has 0 aromatic carbocycles. The maximum Gasteiger partial charge on any atom is -0.369 e. The van der Waals surface area contributed by atoms with Crippen LogP contribution in [-0.2, 0) is 11.8 Å². The molecule has 1 aromatic rings. The molecule has 1 rings (SSSR count). The van der Waals surface area contributed by atoms with Crippen molar-refractivity contribution in [3.63, 3.8) is 0 Å². The van der Waals surface area contributed by atoms with Crippen LogP contribution >= 0.6 is 16.6 Å². The van der Waals surface area contributed by atoms with Crippen LogP contribution in [0, 0.1) is 0 Å². The normalized spacial score (nSPS) is 6.28. The van der Waals surface area contributed by atoms with Crippen molar-refractivity contribution in [2.75, 3.05) is 14.1 Å². The second-order valence-electron chi connectivity index (χ2n) is 2.68. The Morgan fingerprint density at radius 3 is 1.50 bits per heavy atom. The summed E-state index contributed by atoms with van der Waals surface area (Å²) < 4.78 is 2.00. The quantitative estimate of drug-likeness (QED) is 0.136. The van der Waals surface area contributed by atoms with Crippen LogP contribution in [0.15, 0.2) is 30.6 Å². The molecule has 108 valence electrons. The minimum absolute atomic E-state index is 0. The third-order valence-corrected chi connectivity index (χ3v) is 1.08. The van der Waals surface area contributed by atoms with E-state index in [4.69, 9.17) is 16.6 Å². The average Bonchev–Trinajstić information content (AvgIpc) is 2.21. The number of carbonyl (C=O) groups is 1. The zero-order valence-corrected chi connectivity index (χ0v) is 20.5. The van der Waals surface area contributed by atoms with Crippen LogP contribution in [0.5, 0.6) is 0 Å². The molecule has 0 atom stereocenters. The molecule has 9 heteroatoms. The Labute approximate surface area is 163 Å². The number of rotatable bonds is 1. The van der Waals surface area contributed by atoms with Gasteiger partial charge in [-0.3, -0.25) is 4.79 Å². The molecule has 0 aliphatic rings. The van der Waals surface area contributed by atoms with Crippen molar-refractivity contribution in [3.8, 4) is 0 Å². The number of hydrogen-bond acceptors (Lipinski definition) is 1.